The number of hydrogen-bond acceptors (Lipinski definition) is 6. The Hall–Kier alpha value is -1.40. The molecule has 0 bridgehead atoms. The Morgan fingerprint density at radius 2 is 2.17 bits per heavy atom. The molecule has 18 heavy (non-hydrogen) atoms. The first-order valence-corrected chi connectivity index (χ1v) is 7.31. The van der Waals surface area contributed by atoms with Crippen LogP contribution in [0, 0.1) is 0 Å². The molecule has 0 aliphatic rings. The van der Waals surface area contributed by atoms with E-state index >= 15 is 0 Å². The third-order valence-corrected chi connectivity index (χ3v) is 4.01. The molecule has 0 atom stereocenters. The lowest BCUT2D eigenvalue weighted by Gasteiger charge is -2.03. The summed E-state index contributed by atoms with van der Waals surface area (Å²) in [6.45, 7) is 2.55. The molecule has 0 saturated heterocycles. The molecule has 1 heterocycles. The molecule has 1 aromatic carbocycles. The molecule has 0 N–H and O–H groups in total. The second-order valence-corrected chi connectivity index (χ2v) is 5.43. The summed E-state index contributed by atoms with van der Waals surface area (Å²) in [5.74, 6) is 1.24. The monoisotopic (exact) mass is 280 g/mol. The second kappa shape index (κ2) is 6.51. The Labute approximate surface area is 113 Å². The van der Waals surface area contributed by atoms with E-state index in [-0.39, 0.29) is 5.78 Å². The Kier molecular flexibility index (Phi) is 4.72. The van der Waals surface area contributed by atoms with Crippen LogP contribution in [0.25, 0.3) is 0 Å². The van der Waals surface area contributed by atoms with E-state index in [2.05, 4.69) is 10.2 Å². The van der Waals surface area contributed by atoms with Gasteiger partial charge in [0.15, 0.2) is 10.1 Å². The summed E-state index contributed by atoms with van der Waals surface area (Å²) >= 11 is 2.85. The lowest BCUT2D eigenvalue weighted by atomic mass is 10.1. The highest BCUT2D eigenvalue weighted by atomic mass is 32.2. The molecular formula is C12H12N2O2S2. The summed E-state index contributed by atoms with van der Waals surface area (Å²) in [5.41, 5.74) is 2.35. The number of Topliss-reactive ketones (excluding diaryl/α,β-unsaturated/α-hetero) is 1. The van der Waals surface area contributed by atoms with Crippen LogP contribution in [0.15, 0.2) is 34.1 Å². The van der Waals surface area contributed by atoms with Crippen LogP contribution >= 0.6 is 23.1 Å². The fraction of sp³-hybridized carbons (Fsp3) is 0.250. The van der Waals surface area contributed by atoms with E-state index in [1.807, 2.05) is 19.1 Å². The highest BCUT2D eigenvalue weighted by Crippen LogP contribution is 2.21. The smallest absolute Gasteiger partial charge is 0.174 e. The minimum Gasteiger partial charge on any atom is -0.494 e. The summed E-state index contributed by atoms with van der Waals surface area (Å²) in [7, 11) is 0. The van der Waals surface area contributed by atoms with Crippen LogP contribution in [0.1, 0.15) is 17.3 Å². The molecule has 2 aromatic rings. The van der Waals surface area contributed by atoms with E-state index in [0.717, 1.165) is 10.1 Å². The molecule has 0 saturated carbocycles. The van der Waals surface area contributed by atoms with Gasteiger partial charge in [-0.25, -0.2) is 0 Å². The Morgan fingerprint density at radius 1 is 1.39 bits per heavy atom. The minimum atomic E-state index is 0.0817. The molecule has 0 aliphatic carbocycles. The molecule has 4 nitrogen and oxygen atoms in total. The van der Waals surface area contributed by atoms with E-state index in [1.54, 1.807) is 17.6 Å². The van der Waals surface area contributed by atoms with Gasteiger partial charge in [0, 0.05) is 5.56 Å². The number of carbonyl (C=O) groups is 1. The highest BCUT2D eigenvalue weighted by molar-refractivity contribution is 8.01. The van der Waals surface area contributed by atoms with Crippen molar-refractivity contribution in [2.24, 2.45) is 0 Å². The Bertz CT molecular complexity index is 497. The van der Waals surface area contributed by atoms with Gasteiger partial charge >= 0.3 is 0 Å². The van der Waals surface area contributed by atoms with Crippen LogP contribution in [-0.4, -0.2) is 28.3 Å². The van der Waals surface area contributed by atoms with Gasteiger partial charge in [0.2, 0.25) is 0 Å². The summed E-state index contributed by atoms with van der Waals surface area (Å²) in [6, 6.07) is 7.20. The van der Waals surface area contributed by atoms with Crippen molar-refractivity contribution >= 4 is 28.9 Å². The van der Waals surface area contributed by atoms with Gasteiger partial charge in [-0.05, 0) is 31.2 Å². The van der Waals surface area contributed by atoms with Crippen molar-refractivity contribution in [2.75, 3.05) is 12.4 Å². The maximum atomic E-state index is 11.9. The molecule has 1 aromatic heterocycles. The van der Waals surface area contributed by atoms with Crippen molar-refractivity contribution in [3.63, 3.8) is 0 Å². The van der Waals surface area contributed by atoms with E-state index in [9.17, 15) is 4.79 Å². The van der Waals surface area contributed by atoms with Gasteiger partial charge in [0.25, 0.3) is 0 Å². The van der Waals surface area contributed by atoms with Crippen LogP contribution < -0.4 is 4.74 Å². The molecule has 6 heteroatoms. The maximum Gasteiger partial charge on any atom is 0.174 e. The Balaban J connectivity index is 1.92. The molecule has 0 amide bonds. The highest BCUT2D eigenvalue weighted by Gasteiger charge is 2.08. The van der Waals surface area contributed by atoms with E-state index in [0.29, 0.717) is 17.9 Å². The van der Waals surface area contributed by atoms with Crippen molar-refractivity contribution in [1.29, 1.82) is 0 Å². The first kappa shape index (κ1) is 13.0. The average Bonchev–Trinajstić information content (AvgIpc) is 2.90. The Morgan fingerprint density at radius 3 is 2.78 bits per heavy atom. The van der Waals surface area contributed by atoms with E-state index < -0.39 is 0 Å². The lowest BCUT2D eigenvalue weighted by molar-refractivity contribution is 0.102. The molecular weight excluding hydrogens is 268 g/mol. The first-order chi connectivity index (χ1) is 8.79. The average molecular weight is 280 g/mol. The molecule has 0 aliphatic heterocycles. The second-order valence-electron chi connectivity index (χ2n) is 3.37. The van der Waals surface area contributed by atoms with Gasteiger partial charge in [-0.15, -0.1) is 10.2 Å². The number of aromatic nitrogens is 2. The predicted octanol–water partition coefficient (Wildman–Crippen LogP) is 2.91. The van der Waals surface area contributed by atoms with Gasteiger partial charge in [-0.1, -0.05) is 23.1 Å². The third kappa shape index (κ3) is 3.54. The molecule has 0 unspecified atom stereocenters. The van der Waals surface area contributed by atoms with E-state index in [1.165, 1.54) is 23.1 Å². The summed E-state index contributed by atoms with van der Waals surface area (Å²) in [6.07, 6.45) is 0. The largest absolute Gasteiger partial charge is 0.494 e. The predicted molar refractivity (Wildman–Crippen MR) is 72.6 cm³/mol. The number of ketones is 1. The number of hydrogen-bond donors (Lipinski definition) is 0. The standard InChI is InChI=1S/C12H12N2O2S2/c1-2-16-10-5-3-9(4-6-10)11(15)7-17-12-14-13-8-18-12/h3-6,8H,2,7H2,1H3. The fourth-order valence-corrected chi connectivity index (χ4v) is 2.72. The van der Waals surface area contributed by atoms with Crippen molar-refractivity contribution in [2.45, 2.75) is 11.3 Å². The number of thioether (sulfide) groups is 1. The SMILES string of the molecule is CCOc1ccc(C(=O)CSc2nncs2)cc1. The number of nitrogens with zero attached hydrogens (tertiary/aromatic N) is 2. The molecule has 0 spiro atoms. The van der Waals surface area contributed by atoms with Gasteiger partial charge in [0.05, 0.1) is 12.4 Å². The molecule has 0 fully saturated rings. The van der Waals surface area contributed by atoms with Crippen LogP contribution in [0.4, 0.5) is 0 Å². The van der Waals surface area contributed by atoms with Crippen molar-refractivity contribution in [3.05, 3.63) is 35.3 Å². The third-order valence-electron chi connectivity index (χ3n) is 2.15. The number of benzene rings is 1. The van der Waals surface area contributed by atoms with Crippen LogP contribution in [0.3, 0.4) is 0 Å². The number of carbonyl (C=O) groups excluding carboxylic acids is 1. The summed E-state index contributed by atoms with van der Waals surface area (Å²) in [5, 5.41) is 7.60. The number of rotatable bonds is 6. The van der Waals surface area contributed by atoms with Gasteiger partial charge in [-0.3, -0.25) is 4.79 Å². The normalized spacial score (nSPS) is 10.3. The summed E-state index contributed by atoms with van der Waals surface area (Å²) in [4.78, 5) is 11.9. The van der Waals surface area contributed by atoms with Gasteiger partial charge < -0.3 is 4.74 Å². The summed E-state index contributed by atoms with van der Waals surface area (Å²) < 4.78 is 6.14. The molecule has 94 valence electrons. The van der Waals surface area contributed by atoms with Crippen LogP contribution in [0.5, 0.6) is 5.75 Å². The quantitative estimate of drug-likeness (QED) is 0.601. The number of ether oxygens (including phenoxy) is 1. The van der Waals surface area contributed by atoms with Gasteiger partial charge in [0.1, 0.15) is 11.3 Å². The lowest BCUT2D eigenvalue weighted by Crippen LogP contribution is -2.02. The molecule has 2 rings (SSSR count). The zero-order chi connectivity index (χ0) is 12.8. The van der Waals surface area contributed by atoms with Crippen molar-refractivity contribution in [3.8, 4) is 5.75 Å². The zero-order valence-electron chi connectivity index (χ0n) is 9.83. The molecule has 0 radical (unpaired) electrons. The minimum absolute atomic E-state index is 0.0817. The topological polar surface area (TPSA) is 52.1 Å². The van der Waals surface area contributed by atoms with Crippen LogP contribution in [0.2, 0.25) is 0 Å². The zero-order valence-corrected chi connectivity index (χ0v) is 11.5. The van der Waals surface area contributed by atoms with E-state index in [4.69, 9.17) is 4.74 Å². The fourth-order valence-electron chi connectivity index (χ4n) is 1.34. The van der Waals surface area contributed by atoms with Gasteiger partial charge in [-0.2, -0.15) is 0 Å². The van der Waals surface area contributed by atoms with Crippen LogP contribution in [-0.2, 0) is 0 Å². The van der Waals surface area contributed by atoms with Crippen molar-refractivity contribution in [1.82, 2.24) is 10.2 Å². The maximum absolute atomic E-state index is 11.9. The first-order valence-electron chi connectivity index (χ1n) is 5.44. The van der Waals surface area contributed by atoms with Crippen molar-refractivity contribution < 1.29 is 9.53 Å².